The zero-order chi connectivity index (χ0) is 13.1. The number of imidazole rings is 1. The molecule has 0 fully saturated rings. The number of hydrogen-bond donors (Lipinski definition) is 2. The van der Waals surface area contributed by atoms with Gasteiger partial charge in [-0.15, -0.1) is 0 Å². The molecule has 0 aliphatic rings. The molecule has 0 spiro atoms. The number of nitrogens with one attached hydrogen (secondary N) is 2. The highest BCUT2D eigenvalue weighted by Crippen LogP contribution is 2.20. The molecular weight excluding hydrogens is 250 g/mol. The van der Waals surface area contributed by atoms with Gasteiger partial charge in [0.25, 0.3) is 0 Å². The summed E-state index contributed by atoms with van der Waals surface area (Å²) in [6.45, 7) is 2.72. The standard InChI is InChI=1S/C12H15N3O2S/c1-3-13-11(16)7-15-10-5-4-8(17-2)6-9(10)14-12(15)18/h4-6H,3,7H2,1-2H3,(H,13,16)(H,14,18). The SMILES string of the molecule is CCNC(=O)Cn1c(=S)[nH]c2cc(OC)ccc21. The largest absolute Gasteiger partial charge is 0.497 e. The first kappa shape index (κ1) is 12.6. The molecule has 2 N–H and O–H groups in total. The number of carbonyl (C=O) groups excluding carboxylic acids is 1. The molecule has 6 heteroatoms. The van der Waals surface area contributed by atoms with Crippen molar-refractivity contribution in [2.24, 2.45) is 0 Å². The number of ether oxygens (including phenoxy) is 1. The maximum absolute atomic E-state index is 11.6. The summed E-state index contributed by atoms with van der Waals surface area (Å²) < 4.78 is 7.45. The molecule has 2 rings (SSSR count). The molecule has 1 heterocycles. The van der Waals surface area contributed by atoms with Crippen LogP contribution in [-0.4, -0.2) is 29.1 Å². The first-order valence-electron chi connectivity index (χ1n) is 5.69. The monoisotopic (exact) mass is 265 g/mol. The smallest absolute Gasteiger partial charge is 0.240 e. The van der Waals surface area contributed by atoms with Gasteiger partial charge in [0.05, 0.1) is 18.1 Å². The predicted octanol–water partition coefficient (Wildman–Crippen LogP) is 1.84. The van der Waals surface area contributed by atoms with Crippen molar-refractivity contribution in [1.82, 2.24) is 14.9 Å². The van der Waals surface area contributed by atoms with Crippen LogP contribution >= 0.6 is 12.2 Å². The topological polar surface area (TPSA) is 59.0 Å². The van der Waals surface area contributed by atoms with Crippen molar-refractivity contribution < 1.29 is 9.53 Å². The van der Waals surface area contributed by atoms with E-state index in [1.807, 2.05) is 25.1 Å². The molecule has 0 bridgehead atoms. The molecule has 0 atom stereocenters. The van der Waals surface area contributed by atoms with Gasteiger partial charge in [-0.1, -0.05) is 0 Å². The molecule has 0 unspecified atom stereocenters. The Morgan fingerprint density at radius 1 is 1.56 bits per heavy atom. The van der Waals surface area contributed by atoms with Gasteiger partial charge < -0.3 is 19.6 Å². The molecule has 0 aliphatic carbocycles. The third-order valence-corrected chi connectivity index (χ3v) is 2.98. The van der Waals surface area contributed by atoms with E-state index in [4.69, 9.17) is 17.0 Å². The minimum absolute atomic E-state index is 0.0506. The van der Waals surface area contributed by atoms with Crippen LogP contribution in [0.2, 0.25) is 0 Å². The molecule has 5 nitrogen and oxygen atoms in total. The van der Waals surface area contributed by atoms with Gasteiger partial charge in [0, 0.05) is 12.6 Å². The quantitative estimate of drug-likeness (QED) is 0.829. The molecule has 18 heavy (non-hydrogen) atoms. The Morgan fingerprint density at radius 3 is 3.00 bits per heavy atom. The van der Waals surface area contributed by atoms with Crippen LogP contribution in [-0.2, 0) is 11.3 Å². The number of fused-ring (bicyclic) bond motifs is 1. The number of nitrogens with zero attached hydrogens (tertiary/aromatic N) is 1. The summed E-state index contributed by atoms with van der Waals surface area (Å²) in [5.74, 6) is 0.703. The van der Waals surface area contributed by atoms with Gasteiger partial charge >= 0.3 is 0 Å². The normalized spacial score (nSPS) is 10.6. The van der Waals surface area contributed by atoms with E-state index in [0.717, 1.165) is 16.8 Å². The first-order valence-corrected chi connectivity index (χ1v) is 6.09. The Labute approximate surface area is 110 Å². The molecule has 0 saturated heterocycles. The fourth-order valence-electron chi connectivity index (χ4n) is 1.82. The molecule has 2 aromatic rings. The number of aromatic nitrogens is 2. The summed E-state index contributed by atoms with van der Waals surface area (Å²) in [5, 5.41) is 2.75. The second-order valence-electron chi connectivity index (χ2n) is 3.85. The van der Waals surface area contributed by atoms with Crippen molar-refractivity contribution in [3.8, 4) is 5.75 Å². The van der Waals surface area contributed by atoms with Crippen LogP contribution in [0.4, 0.5) is 0 Å². The van der Waals surface area contributed by atoms with Crippen molar-refractivity contribution >= 4 is 29.2 Å². The fourth-order valence-corrected chi connectivity index (χ4v) is 2.10. The maximum atomic E-state index is 11.6. The first-order chi connectivity index (χ1) is 8.65. The van der Waals surface area contributed by atoms with Crippen LogP contribution in [0.3, 0.4) is 0 Å². The molecule has 0 saturated carbocycles. The van der Waals surface area contributed by atoms with Gasteiger partial charge in [-0.3, -0.25) is 4.79 Å². The van der Waals surface area contributed by atoms with Crippen LogP contribution in [0.5, 0.6) is 5.75 Å². The van der Waals surface area contributed by atoms with Gasteiger partial charge in [-0.05, 0) is 31.3 Å². The summed E-state index contributed by atoms with van der Waals surface area (Å²) >= 11 is 5.22. The van der Waals surface area contributed by atoms with Gasteiger partial charge in [-0.25, -0.2) is 0 Å². The van der Waals surface area contributed by atoms with Crippen molar-refractivity contribution in [1.29, 1.82) is 0 Å². The number of H-pyrrole nitrogens is 1. The number of methoxy groups -OCH3 is 1. The van der Waals surface area contributed by atoms with E-state index in [0.29, 0.717) is 11.3 Å². The highest BCUT2D eigenvalue weighted by atomic mass is 32.1. The van der Waals surface area contributed by atoms with E-state index in [1.54, 1.807) is 11.7 Å². The zero-order valence-electron chi connectivity index (χ0n) is 10.3. The van der Waals surface area contributed by atoms with E-state index < -0.39 is 0 Å². The molecule has 96 valence electrons. The van der Waals surface area contributed by atoms with E-state index in [1.165, 1.54) is 0 Å². The molecule has 1 aromatic heterocycles. The molecule has 1 aromatic carbocycles. The Bertz CT molecular complexity index is 630. The third-order valence-electron chi connectivity index (χ3n) is 2.66. The van der Waals surface area contributed by atoms with Crippen LogP contribution < -0.4 is 10.1 Å². The second-order valence-corrected chi connectivity index (χ2v) is 4.24. The van der Waals surface area contributed by atoms with Crippen LogP contribution in [0.1, 0.15) is 6.92 Å². The predicted molar refractivity (Wildman–Crippen MR) is 72.4 cm³/mol. The Kier molecular flexibility index (Phi) is 3.66. The summed E-state index contributed by atoms with van der Waals surface area (Å²) in [6, 6.07) is 5.60. The van der Waals surface area contributed by atoms with Crippen molar-refractivity contribution in [2.45, 2.75) is 13.5 Å². The van der Waals surface area contributed by atoms with E-state index in [-0.39, 0.29) is 12.5 Å². The minimum atomic E-state index is -0.0506. The highest BCUT2D eigenvalue weighted by Gasteiger charge is 2.08. The van der Waals surface area contributed by atoms with Crippen LogP contribution in [0, 0.1) is 4.77 Å². The molecule has 0 aliphatic heterocycles. The Morgan fingerprint density at radius 2 is 2.33 bits per heavy atom. The third kappa shape index (κ3) is 2.38. The lowest BCUT2D eigenvalue weighted by molar-refractivity contribution is -0.121. The fraction of sp³-hybridized carbons (Fsp3) is 0.333. The molecular formula is C12H15N3O2S. The summed E-state index contributed by atoms with van der Waals surface area (Å²) in [7, 11) is 1.61. The zero-order valence-corrected chi connectivity index (χ0v) is 11.1. The maximum Gasteiger partial charge on any atom is 0.240 e. The second kappa shape index (κ2) is 5.22. The molecule has 0 radical (unpaired) electrons. The number of carbonyl (C=O) groups is 1. The van der Waals surface area contributed by atoms with E-state index >= 15 is 0 Å². The van der Waals surface area contributed by atoms with Gasteiger partial charge in [-0.2, -0.15) is 0 Å². The van der Waals surface area contributed by atoms with Crippen LogP contribution in [0.15, 0.2) is 18.2 Å². The van der Waals surface area contributed by atoms with Gasteiger partial charge in [0.2, 0.25) is 5.91 Å². The lowest BCUT2D eigenvalue weighted by Crippen LogP contribution is -2.27. The Hall–Kier alpha value is -1.82. The Balaban J connectivity index is 2.41. The number of hydrogen-bond acceptors (Lipinski definition) is 3. The molecule has 1 amide bonds. The summed E-state index contributed by atoms with van der Waals surface area (Å²) in [6.07, 6.45) is 0. The minimum Gasteiger partial charge on any atom is -0.497 e. The number of likely N-dealkylation sites (N-methyl/N-ethyl adjacent to an activating group) is 1. The van der Waals surface area contributed by atoms with Gasteiger partial charge in [0.15, 0.2) is 4.77 Å². The number of amides is 1. The van der Waals surface area contributed by atoms with Crippen molar-refractivity contribution in [3.63, 3.8) is 0 Å². The lowest BCUT2D eigenvalue weighted by atomic mass is 10.3. The average molecular weight is 265 g/mol. The van der Waals surface area contributed by atoms with Crippen molar-refractivity contribution in [3.05, 3.63) is 23.0 Å². The van der Waals surface area contributed by atoms with E-state index in [2.05, 4.69) is 10.3 Å². The average Bonchev–Trinajstić information content (AvgIpc) is 2.65. The van der Waals surface area contributed by atoms with Crippen LogP contribution in [0.25, 0.3) is 11.0 Å². The van der Waals surface area contributed by atoms with E-state index in [9.17, 15) is 4.79 Å². The highest BCUT2D eigenvalue weighted by molar-refractivity contribution is 7.71. The van der Waals surface area contributed by atoms with Crippen molar-refractivity contribution in [2.75, 3.05) is 13.7 Å². The summed E-state index contributed by atoms with van der Waals surface area (Å²) in [4.78, 5) is 14.7. The number of benzene rings is 1. The number of rotatable bonds is 4. The lowest BCUT2D eigenvalue weighted by Gasteiger charge is -2.05. The van der Waals surface area contributed by atoms with Gasteiger partial charge in [0.1, 0.15) is 12.3 Å². The summed E-state index contributed by atoms with van der Waals surface area (Å²) in [5.41, 5.74) is 1.76. The number of aromatic amines is 1.